The molecule has 1 saturated heterocycles. The first-order valence-electron chi connectivity index (χ1n) is 10.5. The average Bonchev–Trinajstić information content (AvgIpc) is 3.23. The van der Waals surface area contributed by atoms with E-state index in [1.54, 1.807) is 87.0 Å². The van der Waals surface area contributed by atoms with Crippen molar-refractivity contribution >= 4 is 40.6 Å². The lowest BCUT2D eigenvalue weighted by molar-refractivity contribution is -0.115. The minimum Gasteiger partial charge on any atom is -0.497 e. The van der Waals surface area contributed by atoms with Gasteiger partial charge in [0.25, 0.3) is 5.91 Å². The van der Waals surface area contributed by atoms with Crippen LogP contribution in [0.2, 0.25) is 0 Å². The van der Waals surface area contributed by atoms with Gasteiger partial charge in [0.1, 0.15) is 11.5 Å². The van der Waals surface area contributed by atoms with Gasteiger partial charge in [0.15, 0.2) is 16.7 Å². The van der Waals surface area contributed by atoms with Crippen molar-refractivity contribution in [2.75, 3.05) is 21.3 Å². The van der Waals surface area contributed by atoms with Crippen LogP contribution in [0.3, 0.4) is 0 Å². The van der Waals surface area contributed by atoms with Crippen LogP contribution in [-0.4, -0.2) is 38.4 Å². The predicted octanol–water partition coefficient (Wildman–Crippen LogP) is 4.82. The van der Waals surface area contributed by atoms with E-state index in [1.165, 1.54) is 18.9 Å². The number of hydrogen-bond donors (Lipinski definition) is 1. The molecule has 8 nitrogen and oxygen atoms in total. The molecule has 9 heteroatoms. The second kappa shape index (κ2) is 10.8. The fraction of sp³-hybridized carbons (Fsp3) is 0.115. The summed E-state index contributed by atoms with van der Waals surface area (Å²) in [5.41, 5.74) is 1.77. The molecule has 0 spiro atoms. The van der Waals surface area contributed by atoms with Crippen LogP contribution in [0.1, 0.15) is 15.9 Å². The van der Waals surface area contributed by atoms with Gasteiger partial charge >= 0.3 is 5.97 Å². The normalized spacial score (nSPS) is 15.1. The third-order valence-corrected chi connectivity index (χ3v) is 5.88. The molecule has 0 bridgehead atoms. The summed E-state index contributed by atoms with van der Waals surface area (Å²) in [6.07, 6.45) is 1.72. The van der Waals surface area contributed by atoms with E-state index >= 15 is 0 Å². The Morgan fingerprint density at radius 1 is 0.857 bits per heavy atom. The predicted molar refractivity (Wildman–Crippen MR) is 135 cm³/mol. The van der Waals surface area contributed by atoms with Crippen molar-refractivity contribution in [3.8, 4) is 23.0 Å². The number of ether oxygens (including phenoxy) is 4. The summed E-state index contributed by atoms with van der Waals surface area (Å²) in [5, 5.41) is 3.23. The van der Waals surface area contributed by atoms with Crippen LogP contribution in [0, 0.1) is 0 Å². The number of aliphatic imine (C=N–C) groups is 1. The second-order valence-corrected chi connectivity index (χ2v) is 8.24. The van der Waals surface area contributed by atoms with Crippen molar-refractivity contribution in [1.82, 2.24) is 5.32 Å². The van der Waals surface area contributed by atoms with Crippen LogP contribution >= 0.6 is 11.8 Å². The number of nitrogens with zero attached hydrogens (tertiary/aromatic N) is 1. The minimum atomic E-state index is -0.526. The number of nitrogens with one attached hydrogen (secondary N) is 1. The highest BCUT2D eigenvalue weighted by atomic mass is 32.2. The zero-order valence-electron chi connectivity index (χ0n) is 19.2. The highest BCUT2D eigenvalue weighted by Gasteiger charge is 2.24. The first-order valence-corrected chi connectivity index (χ1v) is 11.3. The molecule has 3 aromatic carbocycles. The molecule has 0 radical (unpaired) electrons. The van der Waals surface area contributed by atoms with E-state index in [0.29, 0.717) is 38.4 Å². The van der Waals surface area contributed by atoms with Crippen molar-refractivity contribution in [1.29, 1.82) is 0 Å². The zero-order chi connectivity index (χ0) is 24.8. The van der Waals surface area contributed by atoms with Gasteiger partial charge in [-0.15, -0.1) is 0 Å². The molecule has 178 valence electrons. The summed E-state index contributed by atoms with van der Waals surface area (Å²) in [7, 11) is 4.63. The number of methoxy groups -OCH3 is 3. The maximum Gasteiger partial charge on any atom is 0.343 e. The summed E-state index contributed by atoms with van der Waals surface area (Å²) in [5.74, 6) is 1.21. The van der Waals surface area contributed by atoms with E-state index in [2.05, 4.69) is 10.3 Å². The number of amides is 1. The molecular formula is C26H22N2O6S. The quantitative estimate of drug-likeness (QED) is 0.288. The molecule has 35 heavy (non-hydrogen) atoms. The topological polar surface area (TPSA) is 95.5 Å². The SMILES string of the molecule is COc1ccc(N=C2NC(=O)/C(=C/c3ccc(OC(=O)c4ccc(OC)cc4)c(OC)c3)S2)cc1. The van der Waals surface area contributed by atoms with Crippen molar-refractivity contribution in [3.63, 3.8) is 0 Å². The maximum absolute atomic E-state index is 12.5. The molecule has 0 saturated carbocycles. The number of amidine groups is 1. The number of hydrogen-bond acceptors (Lipinski definition) is 8. The molecule has 3 aromatic rings. The van der Waals surface area contributed by atoms with Crippen molar-refractivity contribution < 1.29 is 28.5 Å². The Balaban J connectivity index is 1.48. The lowest BCUT2D eigenvalue weighted by Gasteiger charge is -2.10. The lowest BCUT2D eigenvalue weighted by Crippen LogP contribution is -2.19. The molecule has 1 aliphatic heterocycles. The molecule has 1 N–H and O–H groups in total. The van der Waals surface area contributed by atoms with E-state index in [9.17, 15) is 9.59 Å². The Morgan fingerprint density at radius 2 is 1.51 bits per heavy atom. The number of carbonyl (C=O) groups is 2. The smallest absolute Gasteiger partial charge is 0.343 e. The van der Waals surface area contributed by atoms with Gasteiger partial charge in [-0.25, -0.2) is 9.79 Å². The Hall–Kier alpha value is -4.24. The number of thioether (sulfide) groups is 1. The fourth-order valence-electron chi connectivity index (χ4n) is 3.15. The molecule has 0 atom stereocenters. The highest BCUT2D eigenvalue weighted by Crippen LogP contribution is 2.33. The van der Waals surface area contributed by atoms with Crippen molar-refractivity contribution in [2.45, 2.75) is 0 Å². The van der Waals surface area contributed by atoms with E-state index in [1.807, 2.05) is 0 Å². The largest absolute Gasteiger partial charge is 0.497 e. The number of carbonyl (C=O) groups excluding carboxylic acids is 2. The number of benzene rings is 3. The van der Waals surface area contributed by atoms with Crippen molar-refractivity contribution in [2.24, 2.45) is 4.99 Å². The van der Waals surface area contributed by atoms with E-state index < -0.39 is 5.97 Å². The average molecular weight is 491 g/mol. The first kappa shape index (κ1) is 23.9. The standard InChI is InChI=1S/C26H22N2O6S/c1-31-19-9-5-17(6-10-19)25(30)34-21-13-4-16(14-22(21)33-3)15-23-24(29)28-26(35-23)27-18-7-11-20(32-2)12-8-18/h4-15H,1-3H3,(H,27,28,29)/b23-15-. The number of rotatable bonds is 7. The second-order valence-electron chi connectivity index (χ2n) is 7.21. The summed E-state index contributed by atoms with van der Waals surface area (Å²) >= 11 is 1.23. The maximum atomic E-state index is 12.5. The van der Waals surface area contributed by atoms with Crippen LogP contribution in [0.25, 0.3) is 6.08 Å². The third-order valence-electron chi connectivity index (χ3n) is 4.97. The minimum absolute atomic E-state index is 0.253. The van der Waals surface area contributed by atoms with Gasteiger partial charge in [0.2, 0.25) is 0 Å². The summed E-state index contributed by atoms with van der Waals surface area (Å²) < 4.78 is 21.2. The van der Waals surface area contributed by atoms with Crippen molar-refractivity contribution in [3.05, 3.63) is 82.8 Å². The van der Waals surface area contributed by atoms with Gasteiger partial charge in [-0.1, -0.05) is 6.07 Å². The molecule has 0 aromatic heterocycles. The van der Waals surface area contributed by atoms with Crippen LogP contribution in [0.4, 0.5) is 5.69 Å². The monoisotopic (exact) mass is 490 g/mol. The molecule has 1 amide bonds. The Morgan fingerprint density at radius 3 is 2.14 bits per heavy atom. The summed E-state index contributed by atoms with van der Waals surface area (Å²) in [4.78, 5) is 29.9. The Kier molecular flexibility index (Phi) is 7.37. The summed E-state index contributed by atoms with van der Waals surface area (Å²) in [6.45, 7) is 0. The Labute approximate surface area is 206 Å². The van der Waals surface area contributed by atoms with E-state index in [-0.39, 0.29) is 11.7 Å². The van der Waals surface area contributed by atoms with Gasteiger partial charge in [-0.3, -0.25) is 4.79 Å². The summed E-state index contributed by atoms with van der Waals surface area (Å²) in [6, 6.07) is 18.8. The van der Waals surface area contributed by atoms with E-state index in [4.69, 9.17) is 18.9 Å². The van der Waals surface area contributed by atoms with Crippen LogP contribution in [0.5, 0.6) is 23.0 Å². The van der Waals surface area contributed by atoms with Gasteiger partial charge in [-0.2, -0.15) is 0 Å². The molecule has 1 heterocycles. The Bertz CT molecular complexity index is 1300. The molecule has 0 aliphatic carbocycles. The molecular weight excluding hydrogens is 468 g/mol. The third kappa shape index (κ3) is 5.82. The van der Waals surface area contributed by atoms with Crippen LogP contribution < -0.4 is 24.3 Å². The van der Waals surface area contributed by atoms with Gasteiger partial charge in [-0.05, 0) is 84.1 Å². The molecule has 4 rings (SSSR count). The molecule has 0 unspecified atom stereocenters. The molecule has 1 aliphatic rings. The van der Waals surface area contributed by atoms with Gasteiger partial charge < -0.3 is 24.3 Å². The van der Waals surface area contributed by atoms with E-state index in [0.717, 1.165) is 5.75 Å². The highest BCUT2D eigenvalue weighted by molar-refractivity contribution is 8.18. The fourth-order valence-corrected chi connectivity index (χ4v) is 3.99. The van der Waals surface area contributed by atoms with Crippen LogP contribution in [0.15, 0.2) is 76.6 Å². The zero-order valence-corrected chi connectivity index (χ0v) is 20.0. The van der Waals surface area contributed by atoms with Gasteiger partial charge in [0.05, 0.1) is 37.5 Å². The number of esters is 1. The molecule has 1 fully saturated rings. The lowest BCUT2D eigenvalue weighted by atomic mass is 10.1. The van der Waals surface area contributed by atoms with Crippen LogP contribution in [-0.2, 0) is 4.79 Å². The first-order chi connectivity index (χ1) is 17.0. The van der Waals surface area contributed by atoms with Gasteiger partial charge in [0, 0.05) is 0 Å².